The van der Waals surface area contributed by atoms with Gasteiger partial charge < -0.3 is 9.47 Å². The summed E-state index contributed by atoms with van der Waals surface area (Å²) in [6, 6.07) is 6.13. The van der Waals surface area contributed by atoms with Crippen LogP contribution in [0.15, 0.2) is 35.1 Å². The van der Waals surface area contributed by atoms with E-state index in [1.54, 1.807) is 20.8 Å². The van der Waals surface area contributed by atoms with E-state index in [9.17, 15) is 9.59 Å². The van der Waals surface area contributed by atoms with Crippen LogP contribution in [-0.2, 0) is 9.47 Å². The molecule has 9 nitrogen and oxygen atoms in total. The number of alkyl carbamates (subject to hydrolysis) is 2. The zero-order valence-electron chi connectivity index (χ0n) is 20.0. The maximum absolute atomic E-state index is 11.9. The molecule has 0 spiro atoms. The second kappa shape index (κ2) is 9.22. The summed E-state index contributed by atoms with van der Waals surface area (Å²) in [6.07, 6.45) is 6.29. The maximum Gasteiger partial charge on any atom is 0.417 e. The van der Waals surface area contributed by atoms with Gasteiger partial charge in [-0.3, -0.25) is 9.67 Å². The van der Waals surface area contributed by atoms with Crippen LogP contribution in [0, 0.1) is 5.92 Å². The summed E-state index contributed by atoms with van der Waals surface area (Å²) in [5.74, 6) is 0.696. The number of nitrogens with zero attached hydrogens (tertiary/aromatic N) is 4. The van der Waals surface area contributed by atoms with Crippen molar-refractivity contribution in [3.8, 4) is 11.3 Å². The Kier molecular flexibility index (Phi) is 6.25. The van der Waals surface area contributed by atoms with Crippen molar-refractivity contribution >= 4 is 39.1 Å². The third kappa shape index (κ3) is 5.63. The molecular formula is C25H28BrN5O4. The molecule has 2 fully saturated rings. The third-order valence-electron chi connectivity index (χ3n) is 6.14. The lowest BCUT2D eigenvalue weighted by Crippen LogP contribution is -2.38. The van der Waals surface area contributed by atoms with Crippen molar-refractivity contribution in [1.82, 2.24) is 25.1 Å². The molecule has 10 heteroatoms. The summed E-state index contributed by atoms with van der Waals surface area (Å²) < 4.78 is 13.3. The predicted molar refractivity (Wildman–Crippen MR) is 133 cm³/mol. The van der Waals surface area contributed by atoms with Gasteiger partial charge in [-0.25, -0.2) is 19.9 Å². The Balaban J connectivity index is 1.21. The van der Waals surface area contributed by atoms with Gasteiger partial charge in [0.25, 0.3) is 0 Å². The number of aromatic nitrogens is 4. The van der Waals surface area contributed by atoms with Crippen LogP contribution in [0.4, 0.5) is 9.59 Å². The minimum atomic E-state index is -0.810. The molecule has 2 saturated carbocycles. The molecule has 0 bridgehead atoms. The van der Waals surface area contributed by atoms with E-state index in [0.717, 1.165) is 58.1 Å². The van der Waals surface area contributed by atoms with Gasteiger partial charge in [-0.05, 0) is 70.6 Å². The predicted octanol–water partition coefficient (Wildman–Crippen LogP) is 5.75. The van der Waals surface area contributed by atoms with E-state index in [-0.39, 0.29) is 18.6 Å². The molecule has 0 radical (unpaired) electrons. The topological polar surface area (TPSA) is 108 Å². The number of halogens is 1. The van der Waals surface area contributed by atoms with Crippen LogP contribution in [0.1, 0.15) is 64.1 Å². The Morgan fingerprint density at radius 3 is 2.66 bits per heavy atom. The monoisotopic (exact) mass is 541 g/mol. The van der Waals surface area contributed by atoms with Gasteiger partial charge in [-0.1, -0.05) is 15.9 Å². The number of carbonyl (C=O) groups excluding carboxylic acids is 2. The number of benzene rings is 1. The first kappa shape index (κ1) is 23.7. The average molecular weight is 542 g/mol. The normalized spacial score (nSPS) is 19.8. The van der Waals surface area contributed by atoms with E-state index in [0.29, 0.717) is 5.92 Å². The standard InChI is InChI=1S/C25H28BrN5O4/c1-25(2,3)35-24(33)29-23(32)34-13-14-8-17(9-14)31-12-18(22(30-31)15-4-5-15)21-11-27-19-7-6-16(26)10-20(19)28-21/h6-7,10-12,14-15,17H,4-5,8-9,13H2,1-3H3,(H,29,32,33). The van der Waals surface area contributed by atoms with Crippen LogP contribution in [0.3, 0.4) is 0 Å². The summed E-state index contributed by atoms with van der Waals surface area (Å²) in [5, 5.41) is 7.02. The number of ether oxygens (including phenoxy) is 2. The molecule has 2 heterocycles. The number of hydrogen-bond acceptors (Lipinski definition) is 7. The fraction of sp³-hybridized carbons (Fsp3) is 0.480. The number of imide groups is 1. The Morgan fingerprint density at radius 1 is 1.17 bits per heavy atom. The number of nitrogens with one attached hydrogen (secondary N) is 1. The van der Waals surface area contributed by atoms with Crippen LogP contribution in [-0.4, -0.2) is 44.1 Å². The van der Waals surface area contributed by atoms with Crippen LogP contribution >= 0.6 is 15.9 Å². The minimum absolute atomic E-state index is 0.222. The number of carbonyl (C=O) groups is 2. The van der Waals surface area contributed by atoms with Crippen molar-refractivity contribution in [2.75, 3.05) is 6.61 Å². The molecule has 2 amide bonds. The van der Waals surface area contributed by atoms with Crippen LogP contribution < -0.4 is 5.32 Å². The largest absolute Gasteiger partial charge is 0.449 e. The summed E-state index contributed by atoms with van der Waals surface area (Å²) in [5.41, 5.74) is 3.99. The molecular weight excluding hydrogens is 514 g/mol. The van der Waals surface area contributed by atoms with Gasteiger partial charge >= 0.3 is 12.2 Å². The summed E-state index contributed by atoms with van der Waals surface area (Å²) >= 11 is 3.51. The molecule has 0 saturated heterocycles. The molecule has 0 aliphatic heterocycles. The smallest absolute Gasteiger partial charge is 0.417 e. The van der Waals surface area contributed by atoms with Crippen LogP contribution in [0.5, 0.6) is 0 Å². The first-order valence-electron chi connectivity index (χ1n) is 11.8. The lowest BCUT2D eigenvalue weighted by molar-refractivity contribution is 0.0457. The molecule has 0 atom stereocenters. The first-order valence-corrected chi connectivity index (χ1v) is 12.6. The van der Waals surface area contributed by atoms with E-state index in [1.165, 1.54) is 0 Å². The molecule has 3 aromatic rings. The van der Waals surface area contributed by atoms with Crippen molar-refractivity contribution in [3.05, 3.63) is 40.8 Å². The van der Waals surface area contributed by atoms with Crippen LogP contribution in [0.2, 0.25) is 0 Å². The summed E-state index contributed by atoms with van der Waals surface area (Å²) in [4.78, 5) is 33.0. The van der Waals surface area contributed by atoms with Gasteiger partial charge in [-0.15, -0.1) is 0 Å². The van der Waals surface area contributed by atoms with Crippen molar-refractivity contribution in [1.29, 1.82) is 0 Å². The Labute approximate surface area is 211 Å². The van der Waals surface area contributed by atoms with E-state index >= 15 is 0 Å². The highest BCUT2D eigenvalue weighted by Crippen LogP contribution is 2.45. The number of amides is 2. The Bertz CT molecular complexity index is 1270. The second-order valence-corrected chi connectivity index (χ2v) is 11.2. The van der Waals surface area contributed by atoms with E-state index < -0.39 is 17.8 Å². The zero-order chi connectivity index (χ0) is 24.7. The van der Waals surface area contributed by atoms with Gasteiger partial charge in [0.15, 0.2) is 0 Å². The highest BCUT2D eigenvalue weighted by Gasteiger charge is 2.36. The van der Waals surface area contributed by atoms with Gasteiger partial charge in [0.1, 0.15) is 5.60 Å². The van der Waals surface area contributed by atoms with Crippen molar-refractivity contribution in [2.24, 2.45) is 5.92 Å². The highest BCUT2D eigenvalue weighted by molar-refractivity contribution is 9.10. The number of hydrogen-bond donors (Lipinski definition) is 1. The molecule has 184 valence electrons. The molecule has 1 N–H and O–H groups in total. The first-order chi connectivity index (χ1) is 16.6. The summed E-state index contributed by atoms with van der Waals surface area (Å²) in [7, 11) is 0. The van der Waals surface area contributed by atoms with E-state index in [4.69, 9.17) is 19.6 Å². The fourth-order valence-corrected chi connectivity index (χ4v) is 4.58. The molecule has 35 heavy (non-hydrogen) atoms. The Hall–Kier alpha value is -3.01. The second-order valence-electron chi connectivity index (χ2n) is 10.3. The maximum atomic E-state index is 11.9. The molecule has 2 aliphatic carbocycles. The van der Waals surface area contributed by atoms with Crippen LogP contribution in [0.25, 0.3) is 22.3 Å². The van der Waals surface area contributed by atoms with Crippen molar-refractivity contribution in [3.63, 3.8) is 0 Å². The Morgan fingerprint density at radius 2 is 1.94 bits per heavy atom. The zero-order valence-corrected chi connectivity index (χ0v) is 21.5. The third-order valence-corrected chi connectivity index (χ3v) is 6.64. The van der Waals surface area contributed by atoms with Crippen molar-refractivity contribution < 1.29 is 19.1 Å². The van der Waals surface area contributed by atoms with Gasteiger partial charge in [0, 0.05) is 22.2 Å². The van der Waals surface area contributed by atoms with Gasteiger partial charge in [0.05, 0.1) is 41.3 Å². The SMILES string of the molecule is CC(C)(C)OC(=O)NC(=O)OCC1CC(n2cc(-c3cnc4ccc(Br)cc4n3)c(C3CC3)n2)C1. The molecule has 0 unspecified atom stereocenters. The van der Waals surface area contributed by atoms with E-state index in [1.807, 2.05) is 29.1 Å². The lowest BCUT2D eigenvalue weighted by Gasteiger charge is -2.34. The van der Waals surface area contributed by atoms with Gasteiger partial charge in [-0.2, -0.15) is 5.10 Å². The van der Waals surface area contributed by atoms with Crippen molar-refractivity contribution in [2.45, 2.75) is 64.0 Å². The average Bonchev–Trinajstić information content (AvgIpc) is 3.49. The molecule has 1 aromatic carbocycles. The highest BCUT2D eigenvalue weighted by atomic mass is 79.9. The van der Waals surface area contributed by atoms with Gasteiger partial charge in [0.2, 0.25) is 0 Å². The fourth-order valence-electron chi connectivity index (χ4n) is 4.23. The quantitative estimate of drug-likeness (QED) is 0.438. The summed E-state index contributed by atoms with van der Waals surface area (Å²) in [6.45, 7) is 5.44. The number of fused-ring (bicyclic) bond motifs is 1. The molecule has 2 aromatic heterocycles. The molecule has 5 rings (SSSR count). The number of rotatable bonds is 5. The van der Waals surface area contributed by atoms with E-state index in [2.05, 4.69) is 32.4 Å². The minimum Gasteiger partial charge on any atom is -0.449 e. The lowest BCUT2D eigenvalue weighted by atomic mass is 9.81. The molecule has 2 aliphatic rings.